The van der Waals surface area contributed by atoms with Crippen LogP contribution in [0.25, 0.3) is 0 Å². The number of aromatic nitrogens is 1. The van der Waals surface area contributed by atoms with Gasteiger partial charge in [0.1, 0.15) is 9.50 Å². The summed E-state index contributed by atoms with van der Waals surface area (Å²) in [6.07, 6.45) is 1.37. The number of nitrogens with zero attached hydrogens (tertiary/aromatic N) is 1. The number of rotatable bonds is 3. The Morgan fingerprint density at radius 1 is 1.20 bits per heavy atom. The molecular weight excluding hydrogens is 389 g/mol. The summed E-state index contributed by atoms with van der Waals surface area (Å²) in [7, 11) is -3.87. The Hall–Kier alpha value is -1.02. The number of benzene rings is 1. The number of nitrogen functional groups attached to an aromatic ring is 1. The van der Waals surface area contributed by atoms with Crippen LogP contribution in [-0.2, 0) is 10.0 Å². The maximum atomic E-state index is 12.2. The first-order valence-corrected chi connectivity index (χ1v) is 8.22. The van der Waals surface area contributed by atoms with Crippen LogP contribution in [0.5, 0.6) is 0 Å². The van der Waals surface area contributed by atoms with E-state index in [2.05, 4.69) is 25.6 Å². The smallest absolute Gasteiger partial charge is 0.263 e. The van der Waals surface area contributed by atoms with E-state index < -0.39 is 10.0 Å². The topological polar surface area (TPSA) is 85.1 Å². The summed E-state index contributed by atoms with van der Waals surface area (Å²) in [5.41, 5.74) is 5.94. The molecule has 1 aromatic carbocycles. The Kier molecular flexibility index (Phi) is 4.43. The average molecular weight is 397 g/mol. The molecule has 0 aliphatic heterocycles. The summed E-state index contributed by atoms with van der Waals surface area (Å²) >= 11 is 14.9. The molecular formula is C11H8BrCl2N3O2S. The van der Waals surface area contributed by atoms with Gasteiger partial charge in [-0.25, -0.2) is 13.4 Å². The summed E-state index contributed by atoms with van der Waals surface area (Å²) in [5, 5.41) is 0.0781. The Morgan fingerprint density at radius 2 is 1.90 bits per heavy atom. The molecule has 0 unspecified atom stereocenters. The molecule has 0 atom stereocenters. The second kappa shape index (κ2) is 5.77. The molecule has 0 amide bonds. The molecule has 20 heavy (non-hydrogen) atoms. The van der Waals surface area contributed by atoms with Crippen molar-refractivity contribution in [1.29, 1.82) is 0 Å². The minimum Gasteiger partial charge on any atom is -0.396 e. The van der Waals surface area contributed by atoms with Crippen LogP contribution in [0.15, 0.2) is 40.0 Å². The Bertz CT molecular complexity index is 751. The van der Waals surface area contributed by atoms with Crippen molar-refractivity contribution < 1.29 is 8.42 Å². The Labute approximate surface area is 134 Å². The average Bonchev–Trinajstić information content (AvgIpc) is 2.38. The zero-order valence-corrected chi connectivity index (χ0v) is 13.7. The van der Waals surface area contributed by atoms with Gasteiger partial charge in [-0.05, 0) is 40.2 Å². The molecule has 0 bridgehead atoms. The van der Waals surface area contributed by atoms with Crippen LogP contribution in [-0.4, -0.2) is 13.4 Å². The highest BCUT2D eigenvalue weighted by Gasteiger charge is 2.21. The number of nitrogens with two attached hydrogens (primary N) is 1. The van der Waals surface area contributed by atoms with E-state index in [0.717, 1.165) is 0 Å². The van der Waals surface area contributed by atoms with Crippen LogP contribution in [0.4, 0.5) is 11.4 Å². The maximum absolute atomic E-state index is 12.2. The molecule has 1 aromatic heterocycles. The fraction of sp³-hybridized carbons (Fsp3) is 0. The standard InChI is InChI=1S/C11H8BrCl2N3O2S/c12-9-4-1-6(5-16-9)17-20(18,19)8-3-2-7(13)11(15)10(8)14/h1-5,17H,15H2. The number of hydrogen-bond acceptors (Lipinski definition) is 4. The highest BCUT2D eigenvalue weighted by molar-refractivity contribution is 9.10. The van der Waals surface area contributed by atoms with E-state index >= 15 is 0 Å². The zero-order chi connectivity index (χ0) is 14.9. The van der Waals surface area contributed by atoms with Crippen LogP contribution in [0.3, 0.4) is 0 Å². The summed E-state index contributed by atoms with van der Waals surface area (Å²) in [4.78, 5) is 3.77. The Balaban J connectivity index is 2.41. The molecule has 2 rings (SSSR count). The number of nitrogens with one attached hydrogen (secondary N) is 1. The molecule has 0 aliphatic rings. The van der Waals surface area contributed by atoms with E-state index in [1.54, 1.807) is 12.1 Å². The fourth-order valence-electron chi connectivity index (χ4n) is 1.40. The fourth-order valence-corrected chi connectivity index (χ4v) is 3.45. The number of hydrogen-bond donors (Lipinski definition) is 2. The van der Waals surface area contributed by atoms with E-state index in [9.17, 15) is 8.42 Å². The predicted octanol–water partition coefficient (Wildman–Crippen LogP) is 3.53. The molecule has 0 saturated heterocycles. The van der Waals surface area contributed by atoms with Gasteiger partial charge < -0.3 is 5.73 Å². The van der Waals surface area contributed by atoms with E-state index in [-0.39, 0.29) is 20.6 Å². The number of anilines is 2. The van der Waals surface area contributed by atoms with Crippen LogP contribution in [0, 0.1) is 0 Å². The summed E-state index contributed by atoms with van der Waals surface area (Å²) in [5.74, 6) is 0. The van der Waals surface area contributed by atoms with Gasteiger partial charge in [-0.1, -0.05) is 23.2 Å². The molecule has 0 aliphatic carbocycles. The van der Waals surface area contributed by atoms with Gasteiger partial charge >= 0.3 is 0 Å². The van der Waals surface area contributed by atoms with Crippen LogP contribution >= 0.6 is 39.1 Å². The van der Waals surface area contributed by atoms with Gasteiger partial charge in [0.2, 0.25) is 0 Å². The van der Waals surface area contributed by atoms with Crippen LogP contribution in [0.1, 0.15) is 0 Å². The van der Waals surface area contributed by atoms with Crippen molar-refractivity contribution in [3.8, 4) is 0 Å². The largest absolute Gasteiger partial charge is 0.396 e. The lowest BCUT2D eigenvalue weighted by Gasteiger charge is -2.11. The first-order valence-electron chi connectivity index (χ1n) is 5.19. The van der Waals surface area contributed by atoms with Crippen LogP contribution in [0.2, 0.25) is 10.0 Å². The van der Waals surface area contributed by atoms with Gasteiger partial charge in [-0.3, -0.25) is 4.72 Å². The lowest BCUT2D eigenvalue weighted by Crippen LogP contribution is -2.14. The molecule has 1 heterocycles. The molecule has 3 N–H and O–H groups in total. The summed E-state index contributed by atoms with van der Waals surface area (Å²) in [6, 6.07) is 5.82. The molecule has 0 saturated carbocycles. The lowest BCUT2D eigenvalue weighted by molar-refractivity contribution is 0.601. The molecule has 0 fully saturated rings. The molecule has 0 radical (unpaired) electrons. The summed E-state index contributed by atoms with van der Waals surface area (Å²) < 4.78 is 27.4. The number of halogens is 3. The van der Waals surface area contributed by atoms with Crippen molar-refractivity contribution in [3.05, 3.63) is 45.1 Å². The van der Waals surface area contributed by atoms with Crippen LogP contribution < -0.4 is 10.5 Å². The third-order valence-electron chi connectivity index (χ3n) is 2.36. The van der Waals surface area contributed by atoms with Gasteiger partial charge in [0.15, 0.2) is 0 Å². The van der Waals surface area contributed by atoms with Crippen molar-refractivity contribution in [3.63, 3.8) is 0 Å². The monoisotopic (exact) mass is 395 g/mol. The minimum atomic E-state index is -3.87. The first kappa shape index (κ1) is 15.4. The second-order valence-electron chi connectivity index (χ2n) is 3.75. The van der Waals surface area contributed by atoms with Crippen molar-refractivity contribution >= 4 is 60.5 Å². The molecule has 9 heteroatoms. The predicted molar refractivity (Wildman–Crippen MR) is 83.6 cm³/mol. The SMILES string of the molecule is Nc1c(Cl)ccc(S(=O)(=O)Nc2ccc(Br)nc2)c1Cl. The van der Waals surface area contributed by atoms with E-state index in [4.69, 9.17) is 28.9 Å². The number of pyridine rings is 1. The van der Waals surface area contributed by atoms with E-state index in [1.165, 1.54) is 18.3 Å². The van der Waals surface area contributed by atoms with Gasteiger partial charge in [-0.2, -0.15) is 0 Å². The van der Waals surface area contributed by atoms with Crippen molar-refractivity contribution in [1.82, 2.24) is 4.98 Å². The van der Waals surface area contributed by atoms with Crippen molar-refractivity contribution in [2.75, 3.05) is 10.5 Å². The normalized spacial score (nSPS) is 11.3. The first-order chi connectivity index (χ1) is 9.31. The van der Waals surface area contributed by atoms with Gasteiger partial charge in [0, 0.05) is 0 Å². The minimum absolute atomic E-state index is 0.0186. The number of sulfonamides is 1. The van der Waals surface area contributed by atoms with Gasteiger partial charge in [-0.15, -0.1) is 0 Å². The van der Waals surface area contributed by atoms with Crippen molar-refractivity contribution in [2.45, 2.75) is 4.90 Å². The third-order valence-corrected chi connectivity index (χ3v) is 5.10. The quantitative estimate of drug-likeness (QED) is 0.613. The van der Waals surface area contributed by atoms with E-state index in [0.29, 0.717) is 10.3 Å². The highest BCUT2D eigenvalue weighted by atomic mass is 79.9. The van der Waals surface area contributed by atoms with Gasteiger partial charge in [0.25, 0.3) is 10.0 Å². The Morgan fingerprint density at radius 3 is 2.50 bits per heavy atom. The van der Waals surface area contributed by atoms with E-state index in [1.807, 2.05) is 0 Å². The second-order valence-corrected chi connectivity index (χ2v) is 7.00. The maximum Gasteiger partial charge on any atom is 0.263 e. The zero-order valence-electron chi connectivity index (χ0n) is 9.77. The summed E-state index contributed by atoms with van der Waals surface area (Å²) in [6.45, 7) is 0. The molecule has 0 spiro atoms. The van der Waals surface area contributed by atoms with Crippen molar-refractivity contribution in [2.24, 2.45) is 0 Å². The molecule has 106 valence electrons. The third kappa shape index (κ3) is 3.17. The molecule has 5 nitrogen and oxygen atoms in total. The molecule has 2 aromatic rings. The van der Waals surface area contributed by atoms with Gasteiger partial charge in [0.05, 0.1) is 27.6 Å². The lowest BCUT2D eigenvalue weighted by atomic mass is 10.3. The highest BCUT2D eigenvalue weighted by Crippen LogP contribution is 2.33.